The normalized spacial score (nSPS) is 20.8. The van der Waals surface area contributed by atoms with Gasteiger partial charge in [0.25, 0.3) is 0 Å². The molecule has 0 bridgehead atoms. The molecule has 2 aliphatic rings. The van der Waals surface area contributed by atoms with E-state index in [2.05, 4.69) is 52.2 Å². The summed E-state index contributed by atoms with van der Waals surface area (Å²) in [5.41, 5.74) is 4.71. The zero-order chi connectivity index (χ0) is 24.5. The van der Waals surface area contributed by atoms with Crippen molar-refractivity contribution in [3.8, 4) is 6.07 Å². The number of hydrogen-bond donors (Lipinski definition) is 1. The van der Waals surface area contributed by atoms with E-state index in [0.717, 1.165) is 72.5 Å². The van der Waals surface area contributed by atoms with Crippen molar-refractivity contribution in [3.05, 3.63) is 58.2 Å². The summed E-state index contributed by atoms with van der Waals surface area (Å²) in [6, 6.07) is 15.2. The number of aliphatic hydroxyl groups excluding tert-OH is 1. The lowest BCUT2D eigenvalue weighted by atomic mass is 9.94. The summed E-state index contributed by atoms with van der Waals surface area (Å²) in [6.07, 6.45) is 4.61. The fraction of sp³-hybridized carbons (Fsp3) is 0.500. The first-order valence-corrected chi connectivity index (χ1v) is 13.1. The maximum absolute atomic E-state index is 9.72. The van der Waals surface area contributed by atoms with Gasteiger partial charge in [-0.2, -0.15) is 10.4 Å². The minimum absolute atomic E-state index is 0.0905. The first-order chi connectivity index (χ1) is 17.0. The van der Waals surface area contributed by atoms with Crippen molar-refractivity contribution in [3.63, 3.8) is 0 Å². The number of aryl methyl sites for hydroxylation is 1. The number of benzene rings is 2. The van der Waals surface area contributed by atoms with Crippen molar-refractivity contribution in [1.82, 2.24) is 14.7 Å². The first-order valence-electron chi connectivity index (χ1n) is 12.8. The Kier molecular flexibility index (Phi) is 7.02. The van der Waals surface area contributed by atoms with Crippen LogP contribution >= 0.6 is 11.6 Å². The third-order valence-electron chi connectivity index (χ3n) is 7.92. The number of piperidine rings is 2. The molecule has 2 fully saturated rings. The Morgan fingerprint density at radius 1 is 1.14 bits per heavy atom. The van der Waals surface area contributed by atoms with Crippen molar-refractivity contribution in [2.45, 2.75) is 51.6 Å². The first kappa shape index (κ1) is 24.1. The quantitative estimate of drug-likeness (QED) is 0.534. The summed E-state index contributed by atoms with van der Waals surface area (Å²) in [7, 11) is 0. The van der Waals surface area contributed by atoms with Gasteiger partial charge in [0.05, 0.1) is 11.6 Å². The van der Waals surface area contributed by atoms with Gasteiger partial charge < -0.3 is 10.0 Å². The number of hydrogen-bond acceptors (Lipinski definition) is 5. The highest BCUT2D eigenvalue weighted by atomic mass is 35.5. The Labute approximate surface area is 212 Å². The highest BCUT2D eigenvalue weighted by Crippen LogP contribution is 2.33. The molecule has 5 rings (SSSR count). The zero-order valence-electron chi connectivity index (χ0n) is 20.6. The lowest BCUT2D eigenvalue weighted by molar-refractivity contribution is 0.0778. The van der Waals surface area contributed by atoms with Crippen molar-refractivity contribution in [2.24, 2.45) is 5.92 Å². The molecule has 6 nitrogen and oxygen atoms in total. The van der Waals surface area contributed by atoms with Crippen LogP contribution in [0.1, 0.15) is 55.5 Å². The monoisotopic (exact) mass is 491 g/mol. The Balaban J connectivity index is 1.38. The molecule has 1 N–H and O–H groups in total. The number of aromatic nitrogens is 2. The molecule has 2 unspecified atom stereocenters. The molecule has 0 amide bonds. The van der Waals surface area contributed by atoms with Gasteiger partial charge in [0, 0.05) is 48.4 Å². The molecule has 2 aromatic carbocycles. The van der Waals surface area contributed by atoms with E-state index >= 15 is 0 Å². The number of halogens is 1. The van der Waals surface area contributed by atoms with Crippen molar-refractivity contribution >= 4 is 28.2 Å². The second-order valence-corrected chi connectivity index (χ2v) is 10.6. The molecule has 0 spiro atoms. The second kappa shape index (κ2) is 10.2. The van der Waals surface area contributed by atoms with Gasteiger partial charge in [0.2, 0.25) is 0 Å². The summed E-state index contributed by atoms with van der Waals surface area (Å²) >= 11 is 6.58. The van der Waals surface area contributed by atoms with Crippen LogP contribution < -0.4 is 4.90 Å². The predicted molar refractivity (Wildman–Crippen MR) is 141 cm³/mol. The molecule has 184 valence electrons. The van der Waals surface area contributed by atoms with Gasteiger partial charge in [-0.15, -0.1) is 0 Å². The van der Waals surface area contributed by atoms with Crippen LogP contribution in [0.2, 0.25) is 5.02 Å². The molecule has 1 aromatic heterocycles. The van der Waals surface area contributed by atoms with E-state index in [4.69, 9.17) is 11.6 Å². The van der Waals surface area contributed by atoms with Gasteiger partial charge in [0.15, 0.2) is 5.69 Å². The molecular weight excluding hydrogens is 458 g/mol. The fourth-order valence-corrected chi connectivity index (χ4v) is 6.26. The lowest BCUT2D eigenvalue weighted by Gasteiger charge is -2.42. The number of nitrogens with zero attached hydrogens (tertiary/aromatic N) is 5. The van der Waals surface area contributed by atoms with Crippen molar-refractivity contribution in [1.29, 1.82) is 5.26 Å². The van der Waals surface area contributed by atoms with Crippen LogP contribution in [0, 0.1) is 24.2 Å². The minimum atomic E-state index is -0.0905. The SMILES string of the molecule is Cc1ccc(C(C)n2nc(C#N)c3ccc(N4CCC(N5CCCC(CO)C5)CC4)cc32)c(Cl)c1. The molecule has 0 saturated carbocycles. The van der Waals surface area contributed by atoms with E-state index in [1.54, 1.807) is 0 Å². The van der Waals surface area contributed by atoms with Crippen LogP contribution in [0.5, 0.6) is 0 Å². The molecule has 2 atom stereocenters. The highest BCUT2D eigenvalue weighted by molar-refractivity contribution is 6.31. The van der Waals surface area contributed by atoms with E-state index < -0.39 is 0 Å². The standard InChI is InChI=1S/C28H34ClN5O/c1-19-5-7-24(26(29)14-19)20(2)34-28-15-23(6-8-25(28)27(16-30)31-34)32-12-9-22(10-13-32)33-11-3-4-21(17-33)18-35/h5-8,14-15,20-22,35H,3-4,9-13,17-18H2,1-2H3. The smallest absolute Gasteiger partial charge is 0.170 e. The number of rotatable bonds is 5. The summed E-state index contributed by atoms with van der Waals surface area (Å²) in [4.78, 5) is 5.06. The molecule has 2 aliphatic heterocycles. The lowest BCUT2D eigenvalue weighted by Crippen LogP contribution is -2.49. The van der Waals surface area contributed by atoms with Gasteiger partial charge in [0.1, 0.15) is 6.07 Å². The largest absolute Gasteiger partial charge is 0.396 e. The van der Waals surface area contributed by atoms with Gasteiger partial charge in [-0.1, -0.05) is 23.7 Å². The Morgan fingerprint density at radius 3 is 2.66 bits per heavy atom. The van der Waals surface area contributed by atoms with Crippen LogP contribution in [0.3, 0.4) is 0 Å². The molecule has 0 aliphatic carbocycles. The molecule has 0 radical (unpaired) electrons. The highest BCUT2D eigenvalue weighted by Gasteiger charge is 2.29. The maximum Gasteiger partial charge on any atom is 0.170 e. The summed E-state index contributed by atoms with van der Waals surface area (Å²) in [5, 5.41) is 25.6. The van der Waals surface area contributed by atoms with Crippen molar-refractivity contribution < 1.29 is 5.11 Å². The van der Waals surface area contributed by atoms with Gasteiger partial charge >= 0.3 is 0 Å². The summed E-state index contributed by atoms with van der Waals surface area (Å²) in [5.74, 6) is 0.433. The Hall–Kier alpha value is -2.59. The van der Waals surface area contributed by atoms with Crippen LogP contribution in [0.4, 0.5) is 5.69 Å². The molecule has 3 aromatic rings. The molecule has 3 heterocycles. The van der Waals surface area contributed by atoms with E-state index in [-0.39, 0.29) is 6.04 Å². The Morgan fingerprint density at radius 2 is 1.94 bits per heavy atom. The van der Waals surface area contributed by atoms with E-state index in [0.29, 0.717) is 24.3 Å². The Bertz CT molecular complexity index is 1240. The predicted octanol–water partition coefficient (Wildman–Crippen LogP) is 5.15. The minimum Gasteiger partial charge on any atom is -0.396 e. The molecule has 2 saturated heterocycles. The third-order valence-corrected chi connectivity index (χ3v) is 8.25. The molecule has 7 heteroatoms. The third kappa shape index (κ3) is 4.78. The summed E-state index contributed by atoms with van der Waals surface area (Å²) in [6.45, 7) is 8.62. The molecule has 35 heavy (non-hydrogen) atoms. The van der Waals surface area contributed by atoms with Gasteiger partial charge in [-0.05, 0) is 87.4 Å². The van der Waals surface area contributed by atoms with Gasteiger partial charge in [-0.3, -0.25) is 9.58 Å². The maximum atomic E-state index is 9.72. The fourth-order valence-electron chi connectivity index (χ4n) is 5.87. The average molecular weight is 492 g/mol. The molecular formula is C28H34ClN5O. The number of aliphatic hydroxyl groups is 1. The number of likely N-dealkylation sites (tertiary alicyclic amines) is 1. The second-order valence-electron chi connectivity index (χ2n) is 10.2. The van der Waals surface area contributed by atoms with Crippen LogP contribution in [0.15, 0.2) is 36.4 Å². The summed E-state index contributed by atoms with van der Waals surface area (Å²) < 4.78 is 1.95. The number of nitriles is 1. The zero-order valence-corrected chi connectivity index (χ0v) is 21.4. The van der Waals surface area contributed by atoms with E-state index in [9.17, 15) is 10.4 Å². The van der Waals surface area contributed by atoms with E-state index in [1.165, 1.54) is 12.1 Å². The van der Waals surface area contributed by atoms with Crippen molar-refractivity contribution in [2.75, 3.05) is 37.7 Å². The van der Waals surface area contributed by atoms with Crippen LogP contribution in [-0.2, 0) is 0 Å². The average Bonchev–Trinajstić information content (AvgIpc) is 3.26. The van der Waals surface area contributed by atoms with Crippen LogP contribution in [0.25, 0.3) is 10.9 Å². The van der Waals surface area contributed by atoms with E-state index in [1.807, 2.05) is 23.7 Å². The van der Waals surface area contributed by atoms with Gasteiger partial charge in [-0.25, -0.2) is 0 Å². The number of anilines is 1. The number of fused-ring (bicyclic) bond motifs is 1. The topological polar surface area (TPSA) is 68.3 Å². The van der Waals surface area contributed by atoms with Crippen LogP contribution in [-0.4, -0.2) is 58.6 Å².